The summed E-state index contributed by atoms with van der Waals surface area (Å²) in [6.45, 7) is 13.4. The van der Waals surface area contributed by atoms with Gasteiger partial charge in [0.2, 0.25) is 6.29 Å². The van der Waals surface area contributed by atoms with Crippen molar-refractivity contribution in [3.8, 4) is 0 Å². The van der Waals surface area contributed by atoms with Crippen LogP contribution in [0.4, 0.5) is 0 Å². The zero-order valence-electron chi connectivity index (χ0n) is 17.7. The van der Waals surface area contributed by atoms with Crippen LogP contribution >= 0.6 is 0 Å². The summed E-state index contributed by atoms with van der Waals surface area (Å²) in [6, 6.07) is 20.9. The largest absolute Gasteiger partial charge is 0.519 e. The van der Waals surface area contributed by atoms with Gasteiger partial charge in [-0.25, -0.2) is 0 Å². The van der Waals surface area contributed by atoms with Gasteiger partial charge in [0.25, 0.3) is 14.3 Å². The molecule has 4 heteroatoms. The minimum absolute atomic E-state index is 0.108. The first-order chi connectivity index (χ1) is 13.1. The average Bonchev–Trinajstić information content (AvgIpc) is 2.88. The van der Waals surface area contributed by atoms with Crippen LogP contribution < -0.4 is 0 Å². The highest BCUT2D eigenvalue weighted by Gasteiger charge is 2.70. The van der Waals surface area contributed by atoms with E-state index in [1.54, 1.807) is 0 Å². The zero-order chi connectivity index (χ0) is 20.2. The maximum Gasteiger partial charge on any atom is 0.264 e. The molecule has 0 bridgehead atoms. The molecule has 2 aliphatic rings. The molecule has 2 heterocycles. The molecule has 2 aromatic rings. The first-order valence-electron chi connectivity index (χ1n) is 9.98. The lowest BCUT2D eigenvalue weighted by Gasteiger charge is -2.57. The number of benzene rings is 2. The summed E-state index contributed by atoms with van der Waals surface area (Å²) in [4.78, 5) is 0. The fourth-order valence-electron chi connectivity index (χ4n) is 3.95. The molecule has 0 spiro atoms. The van der Waals surface area contributed by atoms with Crippen LogP contribution in [-0.4, -0.2) is 14.6 Å². The molecular formula is C24H30O3Si. The molecule has 1 saturated heterocycles. The molecule has 2 atom stereocenters. The monoisotopic (exact) mass is 394 g/mol. The molecule has 0 aliphatic carbocycles. The Hall–Kier alpha value is -2.04. The van der Waals surface area contributed by atoms with Crippen LogP contribution in [0.1, 0.15) is 38.8 Å². The standard InChI is InChI=1S/C24H30O3Si/c1-22(2,3)28(5,6)27-20-17-23(4)21(25-20)26-24(23,18-13-9-7-10-14-18)19-15-11-8-12-16-19/h7-17,21H,1-6H3/t21-,23-/m0/s1. The minimum Gasteiger partial charge on any atom is -0.519 e. The quantitative estimate of drug-likeness (QED) is 0.579. The third kappa shape index (κ3) is 2.66. The van der Waals surface area contributed by atoms with Gasteiger partial charge in [-0.15, -0.1) is 0 Å². The lowest BCUT2D eigenvalue weighted by atomic mass is 9.61. The maximum absolute atomic E-state index is 6.52. The summed E-state index contributed by atoms with van der Waals surface area (Å²) < 4.78 is 19.1. The van der Waals surface area contributed by atoms with Crippen LogP contribution in [0.2, 0.25) is 18.1 Å². The van der Waals surface area contributed by atoms with Crippen LogP contribution in [0.15, 0.2) is 72.7 Å². The predicted octanol–water partition coefficient (Wildman–Crippen LogP) is 6.19. The Labute approximate surface area is 169 Å². The van der Waals surface area contributed by atoms with E-state index in [9.17, 15) is 0 Å². The van der Waals surface area contributed by atoms with Gasteiger partial charge in [0, 0.05) is 6.08 Å². The molecule has 28 heavy (non-hydrogen) atoms. The summed E-state index contributed by atoms with van der Waals surface area (Å²) in [7, 11) is -1.99. The first kappa shape index (κ1) is 19.3. The number of fused-ring (bicyclic) bond motifs is 1. The van der Waals surface area contributed by atoms with Crippen molar-refractivity contribution in [2.24, 2.45) is 5.41 Å². The number of hydrogen-bond donors (Lipinski definition) is 0. The van der Waals surface area contributed by atoms with Crippen LogP contribution in [0.25, 0.3) is 0 Å². The third-order valence-electron chi connectivity index (χ3n) is 6.70. The average molecular weight is 395 g/mol. The summed E-state index contributed by atoms with van der Waals surface area (Å²) in [5, 5.41) is 0.108. The van der Waals surface area contributed by atoms with Gasteiger partial charge in [0.15, 0.2) is 0 Å². The van der Waals surface area contributed by atoms with Gasteiger partial charge in [0.1, 0.15) is 5.60 Å². The van der Waals surface area contributed by atoms with E-state index in [-0.39, 0.29) is 16.7 Å². The molecule has 2 aliphatic heterocycles. The minimum atomic E-state index is -1.99. The topological polar surface area (TPSA) is 27.7 Å². The third-order valence-corrected chi connectivity index (χ3v) is 11.0. The van der Waals surface area contributed by atoms with Crippen molar-refractivity contribution in [2.45, 2.75) is 57.7 Å². The Kier molecular flexibility index (Phi) is 4.29. The highest BCUT2D eigenvalue weighted by Crippen LogP contribution is 2.64. The van der Waals surface area contributed by atoms with Crippen molar-refractivity contribution < 1.29 is 13.9 Å². The van der Waals surface area contributed by atoms with E-state index in [0.29, 0.717) is 5.95 Å². The zero-order valence-corrected chi connectivity index (χ0v) is 18.7. The highest BCUT2D eigenvalue weighted by molar-refractivity contribution is 6.74. The number of rotatable bonds is 4. The van der Waals surface area contributed by atoms with Crippen molar-refractivity contribution in [2.75, 3.05) is 0 Å². The molecule has 0 amide bonds. The van der Waals surface area contributed by atoms with Crippen LogP contribution in [0, 0.1) is 5.41 Å². The van der Waals surface area contributed by atoms with Gasteiger partial charge < -0.3 is 13.9 Å². The van der Waals surface area contributed by atoms with Crippen molar-refractivity contribution in [1.82, 2.24) is 0 Å². The second-order valence-corrected chi connectivity index (χ2v) is 14.3. The Morgan fingerprint density at radius 1 is 0.893 bits per heavy atom. The lowest BCUT2D eigenvalue weighted by molar-refractivity contribution is -0.352. The summed E-state index contributed by atoms with van der Waals surface area (Å²) >= 11 is 0. The fraction of sp³-hybridized carbons (Fsp3) is 0.417. The molecule has 148 valence electrons. The number of hydrogen-bond acceptors (Lipinski definition) is 3. The molecule has 0 N–H and O–H groups in total. The molecule has 0 saturated carbocycles. The maximum atomic E-state index is 6.52. The van der Waals surface area contributed by atoms with E-state index >= 15 is 0 Å². The van der Waals surface area contributed by atoms with Crippen molar-refractivity contribution in [3.05, 3.63) is 83.8 Å². The smallest absolute Gasteiger partial charge is 0.264 e. The fourth-order valence-corrected chi connectivity index (χ4v) is 4.86. The molecular weight excluding hydrogens is 364 g/mol. The summed E-state index contributed by atoms with van der Waals surface area (Å²) in [5.74, 6) is 0.618. The highest BCUT2D eigenvalue weighted by atomic mass is 28.4. The van der Waals surface area contributed by atoms with E-state index in [0.717, 1.165) is 11.1 Å². The van der Waals surface area contributed by atoms with Crippen LogP contribution in [-0.2, 0) is 19.5 Å². The van der Waals surface area contributed by atoms with Gasteiger partial charge >= 0.3 is 0 Å². The molecule has 2 aromatic carbocycles. The van der Waals surface area contributed by atoms with Gasteiger partial charge in [-0.2, -0.15) is 0 Å². The molecule has 0 aromatic heterocycles. The van der Waals surface area contributed by atoms with E-state index in [1.165, 1.54) is 0 Å². The Morgan fingerprint density at radius 2 is 1.39 bits per heavy atom. The molecule has 0 radical (unpaired) electrons. The van der Waals surface area contributed by atoms with Crippen molar-refractivity contribution in [3.63, 3.8) is 0 Å². The summed E-state index contributed by atoms with van der Waals surface area (Å²) in [5.41, 5.74) is 1.34. The second kappa shape index (κ2) is 6.23. The van der Waals surface area contributed by atoms with Gasteiger partial charge in [-0.1, -0.05) is 81.4 Å². The Balaban J connectivity index is 1.77. The van der Waals surface area contributed by atoms with E-state index < -0.39 is 13.9 Å². The van der Waals surface area contributed by atoms with Crippen molar-refractivity contribution >= 4 is 8.32 Å². The van der Waals surface area contributed by atoms with E-state index in [4.69, 9.17) is 13.9 Å². The molecule has 4 rings (SSSR count). The van der Waals surface area contributed by atoms with E-state index in [1.807, 2.05) is 12.1 Å². The van der Waals surface area contributed by atoms with E-state index in [2.05, 4.69) is 95.4 Å². The normalized spacial score (nSPS) is 25.9. The van der Waals surface area contributed by atoms with Crippen LogP contribution in [0.3, 0.4) is 0 Å². The summed E-state index contributed by atoms with van der Waals surface area (Å²) in [6.07, 6.45) is 1.81. The molecule has 0 unspecified atom stereocenters. The first-order valence-corrected chi connectivity index (χ1v) is 12.9. The number of ether oxygens (including phenoxy) is 2. The molecule has 3 nitrogen and oxygen atoms in total. The Bertz CT molecular complexity index is 844. The SMILES string of the molecule is CC(C)(C)[Si](C)(C)OC1=C[C@@]2(C)[C@@H](O1)OC2(c1ccccc1)c1ccccc1. The van der Waals surface area contributed by atoms with Gasteiger partial charge in [-0.3, -0.25) is 0 Å². The van der Waals surface area contributed by atoms with Gasteiger partial charge in [0.05, 0.1) is 5.41 Å². The molecule has 1 fully saturated rings. The second-order valence-electron chi connectivity index (χ2n) is 9.59. The predicted molar refractivity (Wildman–Crippen MR) is 114 cm³/mol. The lowest BCUT2D eigenvalue weighted by Crippen LogP contribution is -2.63. The van der Waals surface area contributed by atoms with Crippen LogP contribution in [0.5, 0.6) is 0 Å². The van der Waals surface area contributed by atoms with Crippen molar-refractivity contribution in [1.29, 1.82) is 0 Å². The Morgan fingerprint density at radius 3 is 1.86 bits per heavy atom. The van der Waals surface area contributed by atoms with Gasteiger partial charge in [-0.05, 0) is 36.2 Å².